The monoisotopic (exact) mass is 553 g/mol. The quantitative estimate of drug-likeness (QED) is 0.103. The summed E-state index contributed by atoms with van der Waals surface area (Å²) in [7, 11) is 1.85. The number of hydrogen-bond acceptors (Lipinski definition) is 9. The van der Waals surface area contributed by atoms with Crippen molar-refractivity contribution < 1.29 is 9.90 Å². The van der Waals surface area contributed by atoms with Crippen LogP contribution in [0.25, 0.3) is 5.69 Å². The molecule has 1 aliphatic heterocycles. The van der Waals surface area contributed by atoms with E-state index < -0.39 is 0 Å². The van der Waals surface area contributed by atoms with Gasteiger partial charge in [-0.25, -0.2) is 9.67 Å². The van der Waals surface area contributed by atoms with E-state index in [0.29, 0.717) is 11.6 Å². The zero-order chi connectivity index (χ0) is 28.0. The van der Waals surface area contributed by atoms with Crippen molar-refractivity contribution in [3.05, 3.63) is 53.9 Å². The highest BCUT2D eigenvalue weighted by Crippen LogP contribution is 2.30. The molecule has 0 radical (unpaired) electrons. The van der Waals surface area contributed by atoms with E-state index in [9.17, 15) is 9.90 Å². The highest BCUT2D eigenvalue weighted by molar-refractivity contribution is 7.81. The molecule has 212 valence electrons. The first-order chi connectivity index (χ1) is 19.1. The van der Waals surface area contributed by atoms with Gasteiger partial charge in [0.2, 0.25) is 0 Å². The second kappa shape index (κ2) is 16.0. The molecule has 3 heterocycles. The van der Waals surface area contributed by atoms with Crippen molar-refractivity contribution >= 4 is 42.1 Å². The van der Waals surface area contributed by atoms with Crippen LogP contribution in [0.15, 0.2) is 42.6 Å². The number of benzene rings is 1. The minimum Gasteiger partial charge on any atom is -0.390 e. The summed E-state index contributed by atoms with van der Waals surface area (Å²) >= 11 is 4.16. The summed E-state index contributed by atoms with van der Waals surface area (Å²) < 4.78 is 4.62. The van der Waals surface area contributed by atoms with Crippen LogP contribution < -0.4 is 20.3 Å². The number of pyridine rings is 1. The van der Waals surface area contributed by atoms with Gasteiger partial charge in [0.1, 0.15) is 11.5 Å². The third-order valence-electron chi connectivity index (χ3n) is 6.91. The van der Waals surface area contributed by atoms with Gasteiger partial charge in [-0.1, -0.05) is 39.5 Å². The molecule has 1 aromatic carbocycles. The van der Waals surface area contributed by atoms with Crippen LogP contribution in [0.2, 0.25) is 0 Å². The Labute approximate surface area is 238 Å². The molecule has 1 atom stereocenters. The van der Waals surface area contributed by atoms with Crippen LogP contribution in [0, 0.1) is 5.92 Å². The molecule has 2 aromatic heterocycles. The largest absolute Gasteiger partial charge is 0.390 e. The number of nitrogens with zero attached hydrogens (tertiary/aromatic N) is 4. The Kier molecular flexibility index (Phi) is 12.4. The van der Waals surface area contributed by atoms with Gasteiger partial charge in [-0.15, -0.1) is 0 Å². The minimum absolute atomic E-state index is 0.0892. The Morgan fingerprint density at radius 3 is 2.69 bits per heavy atom. The van der Waals surface area contributed by atoms with E-state index in [0.717, 1.165) is 79.4 Å². The molecule has 9 nitrogen and oxygen atoms in total. The lowest BCUT2D eigenvalue weighted by molar-refractivity contribution is 0.112. The third kappa shape index (κ3) is 8.37. The number of rotatable bonds is 13. The van der Waals surface area contributed by atoms with Gasteiger partial charge in [0.15, 0.2) is 12.1 Å². The van der Waals surface area contributed by atoms with E-state index in [4.69, 9.17) is 0 Å². The predicted molar refractivity (Wildman–Crippen MR) is 165 cm³/mol. The van der Waals surface area contributed by atoms with Crippen molar-refractivity contribution in [2.45, 2.75) is 59.0 Å². The van der Waals surface area contributed by atoms with Crippen molar-refractivity contribution in [1.82, 2.24) is 14.8 Å². The summed E-state index contributed by atoms with van der Waals surface area (Å²) in [6, 6.07) is 11.5. The number of aromatic nitrogens is 3. The molecule has 1 aliphatic rings. The summed E-state index contributed by atoms with van der Waals surface area (Å²) in [6.45, 7) is 6.70. The van der Waals surface area contributed by atoms with Gasteiger partial charge in [0.05, 0.1) is 12.3 Å². The van der Waals surface area contributed by atoms with E-state index >= 15 is 0 Å². The highest BCUT2D eigenvalue weighted by atomic mass is 32.1. The summed E-state index contributed by atoms with van der Waals surface area (Å²) in [5, 5.41) is 20.3. The van der Waals surface area contributed by atoms with E-state index in [1.54, 1.807) is 10.7 Å². The summed E-state index contributed by atoms with van der Waals surface area (Å²) in [5.41, 5.74) is 4.11. The van der Waals surface area contributed by atoms with E-state index in [1.165, 1.54) is 19.3 Å². The normalized spacial score (nSPS) is 14.8. The van der Waals surface area contributed by atoms with Crippen molar-refractivity contribution in [2.75, 3.05) is 46.9 Å². The van der Waals surface area contributed by atoms with Gasteiger partial charge in [-0.2, -0.15) is 5.10 Å². The number of anilines is 4. The molecule has 1 saturated heterocycles. The number of aliphatic hydroxyl groups excluding tert-OH is 1. The number of carbonyl (C=O) groups is 1. The van der Waals surface area contributed by atoms with Crippen LogP contribution in [0.4, 0.5) is 23.0 Å². The number of aldehydes is 1. The first-order valence-corrected chi connectivity index (χ1v) is 14.4. The fraction of sp³-hybridized carbons (Fsp3) is 0.483. The predicted octanol–water partition coefficient (Wildman–Crippen LogP) is 5.79. The molecular weight excluding hydrogens is 510 g/mol. The summed E-state index contributed by atoms with van der Waals surface area (Å²) in [6.07, 6.45) is 9.71. The molecule has 1 fully saturated rings. The smallest absolute Gasteiger partial charge is 0.154 e. The lowest BCUT2D eigenvalue weighted by Gasteiger charge is -2.35. The van der Waals surface area contributed by atoms with Gasteiger partial charge in [0, 0.05) is 49.8 Å². The number of piperidine rings is 1. The van der Waals surface area contributed by atoms with E-state index in [-0.39, 0.29) is 6.61 Å². The number of hydrogen-bond donors (Lipinski definition) is 5. The van der Waals surface area contributed by atoms with Crippen molar-refractivity contribution in [3.63, 3.8) is 0 Å². The summed E-state index contributed by atoms with van der Waals surface area (Å²) in [5.74, 6) is 2.19. The molecule has 0 amide bonds. The summed E-state index contributed by atoms with van der Waals surface area (Å²) in [4.78, 5) is 18.6. The Bertz CT molecular complexity index is 1170. The Morgan fingerprint density at radius 2 is 1.97 bits per heavy atom. The standard InChI is InChI=1S/C27H37N7O2S.C2H6/c1-28-26-11-10-24(34-15-12-23(19-36)31-34)27(30-26)29-13-4-2-3-6-20-7-5-14-33(17-20)25-16-22(32-37)9-8-21(25)18-35;1-2/h8-12,15-16,18,20,32,36-37H,2-7,13-14,17,19H2,1H3,(H2,28,29,30);1-2H3. The van der Waals surface area contributed by atoms with Crippen molar-refractivity contribution in [3.8, 4) is 5.69 Å². The van der Waals surface area contributed by atoms with Gasteiger partial charge in [-0.3, -0.25) is 4.79 Å². The van der Waals surface area contributed by atoms with Crippen LogP contribution in [0.5, 0.6) is 0 Å². The average Bonchev–Trinajstić information content (AvgIpc) is 3.48. The second-order valence-electron chi connectivity index (χ2n) is 9.46. The van der Waals surface area contributed by atoms with Crippen molar-refractivity contribution in [2.24, 2.45) is 5.92 Å². The van der Waals surface area contributed by atoms with Crippen molar-refractivity contribution in [1.29, 1.82) is 0 Å². The number of carbonyl (C=O) groups excluding carboxylic acids is 1. The molecule has 10 heteroatoms. The van der Waals surface area contributed by atoms with Gasteiger partial charge in [0.25, 0.3) is 0 Å². The Morgan fingerprint density at radius 1 is 1.13 bits per heavy atom. The molecule has 0 saturated carbocycles. The maximum Gasteiger partial charge on any atom is 0.154 e. The number of unbranched alkanes of at least 4 members (excludes halogenated alkanes) is 2. The van der Waals surface area contributed by atoms with E-state index in [2.05, 4.69) is 43.2 Å². The maximum absolute atomic E-state index is 11.6. The first-order valence-electron chi connectivity index (χ1n) is 14.0. The van der Waals surface area contributed by atoms with Crippen LogP contribution >= 0.6 is 12.8 Å². The lowest BCUT2D eigenvalue weighted by atomic mass is 9.91. The van der Waals surface area contributed by atoms with Gasteiger partial charge in [-0.05, 0) is 68.0 Å². The molecule has 3 aromatic rings. The number of aliphatic hydroxyl groups is 1. The Balaban J connectivity index is 0.00000205. The maximum atomic E-state index is 11.6. The molecule has 1 unspecified atom stereocenters. The van der Waals surface area contributed by atoms with Gasteiger partial charge < -0.3 is 25.4 Å². The number of thiol groups is 1. The third-order valence-corrected chi connectivity index (χ3v) is 7.17. The zero-order valence-corrected chi connectivity index (χ0v) is 24.3. The number of nitrogens with one attached hydrogen (secondary N) is 3. The molecule has 4 rings (SSSR count). The molecule has 0 aliphatic carbocycles. The first kappa shape index (κ1) is 30.3. The molecule has 0 bridgehead atoms. The molecule has 4 N–H and O–H groups in total. The topological polar surface area (TPSA) is 107 Å². The lowest BCUT2D eigenvalue weighted by Crippen LogP contribution is -2.36. The Hall–Kier alpha value is -3.24. The molecular formula is C29H43N7O2S. The SMILES string of the molecule is CC.CNc1ccc(-n2ccc(CO)n2)c(NCCCCCC2CCCN(c3cc(NS)ccc3C=O)C2)n1. The van der Waals surface area contributed by atoms with E-state index in [1.807, 2.05) is 57.4 Å². The average molecular weight is 554 g/mol. The second-order valence-corrected chi connectivity index (χ2v) is 9.68. The van der Waals surface area contributed by atoms with Crippen LogP contribution in [-0.2, 0) is 6.61 Å². The molecule has 0 spiro atoms. The molecule has 39 heavy (non-hydrogen) atoms. The fourth-order valence-corrected chi connectivity index (χ4v) is 5.07. The zero-order valence-electron chi connectivity index (χ0n) is 23.4. The highest BCUT2D eigenvalue weighted by Gasteiger charge is 2.22. The van der Waals surface area contributed by atoms with Crippen LogP contribution in [-0.4, -0.2) is 52.8 Å². The fourth-order valence-electron chi connectivity index (χ4n) is 4.93. The van der Waals surface area contributed by atoms with Crippen LogP contribution in [0.3, 0.4) is 0 Å². The van der Waals surface area contributed by atoms with Gasteiger partial charge >= 0.3 is 0 Å². The van der Waals surface area contributed by atoms with Crippen LogP contribution in [0.1, 0.15) is 68.4 Å². The minimum atomic E-state index is -0.0892.